The van der Waals surface area contributed by atoms with Crippen LogP contribution in [0.2, 0.25) is 0 Å². The van der Waals surface area contributed by atoms with Crippen LogP contribution in [0.1, 0.15) is 5.56 Å². The first-order valence-electron chi connectivity index (χ1n) is 5.53. The molecule has 1 aromatic rings. The highest BCUT2D eigenvalue weighted by molar-refractivity contribution is 5.57. The third kappa shape index (κ3) is 3.19. The largest absolute Gasteiger partial charge is 0.448 e. The SMILES string of the molecule is O=CCc1ccc2c(c1)OC(COCC(O)O)O2. The van der Waals surface area contributed by atoms with Crippen LogP contribution in [0.3, 0.4) is 0 Å². The third-order valence-corrected chi connectivity index (χ3v) is 2.36. The molecule has 98 valence electrons. The van der Waals surface area contributed by atoms with Gasteiger partial charge in [-0.2, -0.15) is 0 Å². The number of aliphatic hydroxyl groups excluding tert-OH is 1. The Morgan fingerprint density at radius 1 is 1.33 bits per heavy atom. The molecule has 0 saturated carbocycles. The van der Waals surface area contributed by atoms with Gasteiger partial charge in [0, 0.05) is 6.42 Å². The van der Waals surface area contributed by atoms with E-state index in [0.29, 0.717) is 17.9 Å². The molecule has 1 aromatic carbocycles. The minimum Gasteiger partial charge on any atom is -0.448 e. The summed E-state index contributed by atoms with van der Waals surface area (Å²) in [6, 6.07) is 5.26. The summed E-state index contributed by atoms with van der Waals surface area (Å²) in [7, 11) is 0. The van der Waals surface area contributed by atoms with Crippen LogP contribution in [0.4, 0.5) is 0 Å². The summed E-state index contributed by atoms with van der Waals surface area (Å²) in [6.45, 7) is -0.106. The van der Waals surface area contributed by atoms with Gasteiger partial charge in [0.05, 0.1) is 6.61 Å². The molecule has 2 N–H and O–H groups in total. The summed E-state index contributed by atoms with van der Waals surface area (Å²) in [5, 5.41) is 17.2. The van der Waals surface area contributed by atoms with Gasteiger partial charge in [0.25, 0.3) is 6.29 Å². The maximum absolute atomic E-state index is 10.4. The lowest BCUT2D eigenvalue weighted by atomic mass is 10.1. The molecule has 0 aromatic heterocycles. The Kier molecular flexibility index (Phi) is 4.14. The van der Waals surface area contributed by atoms with Gasteiger partial charge in [-0.05, 0) is 17.7 Å². The zero-order valence-electron chi connectivity index (χ0n) is 9.61. The van der Waals surface area contributed by atoms with Crippen molar-refractivity contribution in [1.29, 1.82) is 0 Å². The van der Waals surface area contributed by atoms with E-state index in [-0.39, 0.29) is 13.2 Å². The van der Waals surface area contributed by atoms with Crippen LogP contribution in [-0.2, 0) is 16.0 Å². The number of benzene rings is 1. The minimum absolute atomic E-state index is 0.0926. The Morgan fingerprint density at radius 2 is 2.11 bits per heavy atom. The molecule has 2 rings (SSSR count). The summed E-state index contributed by atoms with van der Waals surface area (Å²) in [4.78, 5) is 10.4. The predicted octanol–water partition coefficient (Wildman–Crippen LogP) is -0.147. The molecule has 0 saturated heterocycles. The Morgan fingerprint density at radius 3 is 2.83 bits per heavy atom. The molecular weight excluding hydrogens is 240 g/mol. The molecule has 1 heterocycles. The first-order valence-corrected chi connectivity index (χ1v) is 5.53. The lowest BCUT2D eigenvalue weighted by molar-refractivity contribution is -0.117. The van der Waals surface area contributed by atoms with Gasteiger partial charge in [0.2, 0.25) is 0 Å². The highest BCUT2D eigenvalue weighted by Crippen LogP contribution is 2.35. The maximum atomic E-state index is 10.4. The molecule has 1 aliphatic rings. The van der Waals surface area contributed by atoms with Crippen molar-refractivity contribution in [2.75, 3.05) is 13.2 Å². The molecule has 1 aliphatic heterocycles. The Bertz CT molecular complexity index is 417. The average molecular weight is 254 g/mol. The minimum atomic E-state index is -1.51. The van der Waals surface area contributed by atoms with E-state index < -0.39 is 12.6 Å². The van der Waals surface area contributed by atoms with Crippen molar-refractivity contribution in [2.45, 2.75) is 19.0 Å². The number of carbonyl (C=O) groups is 1. The second-order valence-electron chi connectivity index (χ2n) is 3.84. The lowest BCUT2D eigenvalue weighted by Crippen LogP contribution is -2.27. The van der Waals surface area contributed by atoms with Crippen molar-refractivity contribution < 1.29 is 29.2 Å². The third-order valence-electron chi connectivity index (χ3n) is 2.36. The number of aliphatic hydroxyl groups is 2. The zero-order valence-corrected chi connectivity index (χ0v) is 9.61. The lowest BCUT2D eigenvalue weighted by Gasteiger charge is -2.11. The molecule has 0 aliphatic carbocycles. The first kappa shape index (κ1) is 12.8. The van der Waals surface area contributed by atoms with Gasteiger partial charge in [0.1, 0.15) is 12.9 Å². The van der Waals surface area contributed by atoms with Crippen LogP contribution in [0.25, 0.3) is 0 Å². The highest BCUT2D eigenvalue weighted by Gasteiger charge is 2.24. The van der Waals surface area contributed by atoms with Gasteiger partial charge in [-0.15, -0.1) is 0 Å². The van der Waals surface area contributed by atoms with E-state index in [0.717, 1.165) is 11.8 Å². The van der Waals surface area contributed by atoms with Crippen molar-refractivity contribution >= 4 is 6.29 Å². The van der Waals surface area contributed by atoms with E-state index in [1.165, 1.54) is 0 Å². The molecule has 0 bridgehead atoms. The maximum Gasteiger partial charge on any atom is 0.264 e. The van der Waals surface area contributed by atoms with Crippen molar-refractivity contribution in [3.05, 3.63) is 23.8 Å². The van der Waals surface area contributed by atoms with Gasteiger partial charge in [-0.25, -0.2) is 0 Å². The standard InChI is InChI=1S/C12H14O6/c13-4-3-8-1-2-9-10(5-8)18-12(17-9)7-16-6-11(14)15/h1-2,4-5,11-12,14-15H,3,6-7H2. The summed E-state index contributed by atoms with van der Waals surface area (Å²) >= 11 is 0. The van der Waals surface area contributed by atoms with Crippen LogP contribution >= 0.6 is 0 Å². The van der Waals surface area contributed by atoms with Crippen LogP contribution in [-0.4, -0.2) is 42.3 Å². The number of ether oxygens (including phenoxy) is 3. The number of hydrogen-bond acceptors (Lipinski definition) is 6. The number of carbonyl (C=O) groups excluding carboxylic acids is 1. The topological polar surface area (TPSA) is 85.2 Å². The summed E-state index contributed by atoms with van der Waals surface area (Å²) < 4.78 is 15.9. The zero-order chi connectivity index (χ0) is 13.0. The molecule has 0 fully saturated rings. The van der Waals surface area contributed by atoms with E-state index in [2.05, 4.69) is 0 Å². The van der Waals surface area contributed by atoms with Crippen LogP contribution in [0, 0.1) is 0 Å². The smallest absolute Gasteiger partial charge is 0.264 e. The molecule has 6 heteroatoms. The highest BCUT2D eigenvalue weighted by atomic mass is 16.7. The van der Waals surface area contributed by atoms with E-state index in [4.69, 9.17) is 24.4 Å². The number of rotatable bonds is 6. The molecule has 1 atom stereocenters. The van der Waals surface area contributed by atoms with Crippen molar-refractivity contribution in [2.24, 2.45) is 0 Å². The molecule has 0 radical (unpaired) electrons. The normalized spacial score (nSPS) is 17.2. The number of hydrogen-bond donors (Lipinski definition) is 2. The van der Waals surface area contributed by atoms with Crippen molar-refractivity contribution in [1.82, 2.24) is 0 Å². The number of fused-ring (bicyclic) bond motifs is 1. The summed E-state index contributed by atoms with van der Waals surface area (Å²) in [6.07, 6.45) is -0.965. The summed E-state index contributed by atoms with van der Waals surface area (Å²) in [5.74, 6) is 1.15. The van der Waals surface area contributed by atoms with Gasteiger partial charge < -0.3 is 29.2 Å². The van der Waals surface area contributed by atoms with Crippen molar-refractivity contribution in [3.63, 3.8) is 0 Å². The molecule has 0 amide bonds. The molecule has 0 spiro atoms. The van der Waals surface area contributed by atoms with Crippen molar-refractivity contribution in [3.8, 4) is 11.5 Å². The Labute approximate surface area is 104 Å². The first-order chi connectivity index (χ1) is 8.69. The average Bonchev–Trinajstić information content (AvgIpc) is 2.71. The summed E-state index contributed by atoms with van der Waals surface area (Å²) in [5.41, 5.74) is 0.847. The van der Waals surface area contributed by atoms with E-state index in [1.54, 1.807) is 18.2 Å². The van der Waals surface area contributed by atoms with Crippen LogP contribution in [0.15, 0.2) is 18.2 Å². The second-order valence-corrected chi connectivity index (χ2v) is 3.84. The van der Waals surface area contributed by atoms with Gasteiger partial charge in [0.15, 0.2) is 17.8 Å². The fourth-order valence-corrected chi connectivity index (χ4v) is 1.61. The quantitative estimate of drug-likeness (QED) is 0.542. The number of aldehydes is 1. The predicted molar refractivity (Wildman–Crippen MR) is 60.3 cm³/mol. The fraction of sp³-hybridized carbons (Fsp3) is 0.417. The second kappa shape index (κ2) is 5.81. The van der Waals surface area contributed by atoms with E-state index in [9.17, 15) is 4.79 Å². The van der Waals surface area contributed by atoms with E-state index in [1.807, 2.05) is 0 Å². The van der Waals surface area contributed by atoms with Gasteiger partial charge in [-0.1, -0.05) is 6.07 Å². The van der Waals surface area contributed by atoms with E-state index >= 15 is 0 Å². The van der Waals surface area contributed by atoms with Gasteiger partial charge >= 0.3 is 0 Å². The fourth-order valence-electron chi connectivity index (χ4n) is 1.61. The van der Waals surface area contributed by atoms with Crippen LogP contribution in [0.5, 0.6) is 11.5 Å². The molecular formula is C12H14O6. The molecule has 1 unspecified atom stereocenters. The van der Waals surface area contributed by atoms with Crippen LogP contribution < -0.4 is 9.47 Å². The Hall–Kier alpha value is -1.63. The molecule has 6 nitrogen and oxygen atoms in total. The monoisotopic (exact) mass is 254 g/mol. The molecule has 18 heavy (non-hydrogen) atoms. The van der Waals surface area contributed by atoms with Gasteiger partial charge in [-0.3, -0.25) is 0 Å². The Balaban J connectivity index is 1.89.